The van der Waals surface area contributed by atoms with Gasteiger partial charge in [-0.2, -0.15) is 5.10 Å². The maximum atomic E-state index is 11.7. The quantitative estimate of drug-likeness (QED) is 0.738. The molecule has 0 spiro atoms. The SMILES string of the molecule is CC(C)c1cc(C(=O)N2CC(O)C2)n[nH]1. The largest absolute Gasteiger partial charge is 0.389 e. The van der Waals surface area contributed by atoms with Gasteiger partial charge in [0.1, 0.15) is 5.69 Å². The molecular weight excluding hydrogens is 194 g/mol. The Kier molecular flexibility index (Phi) is 2.48. The van der Waals surface area contributed by atoms with Gasteiger partial charge in [0.05, 0.1) is 6.10 Å². The second kappa shape index (κ2) is 3.66. The van der Waals surface area contributed by atoms with Gasteiger partial charge in [0, 0.05) is 18.8 Å². The fourth-order valence-corrected chi connectivity index (χ4v) is 1.53. The van der Waals surface area contributed by atoms with Gasteiger partial charge in [-0.1, -0.05) is 13.8 Å². The van der Waals surface area contributed by atoms with E-state index in [0.29, 0.717) is 24.7 Å². The molecule has 2 rings (SSSR count). The second-order valence-electron chi connectivity index (χ2n) is 4.23. The Balaban J connectivity index is 2.06. The fraction of sp³-hybridized carbons (Fsp3) is 0.600. The van der Waals surface area contributed by atoms with E-state index < -0.39 is 0 Å². The Morgan fingerprint density at radius 3 is 2.80 bits per heavy atom. The van der Waals surface area contributed by atoms with Crippen LogP contribution in [0, 0.1) is 0 Å². The number of rotatable bonds is 2. The van der Waals surface area contributed by atoms with E-state index in [-0.39, 0.29) is 12.0 Å². The number of aliphatic hydroxyl groups is 1. The lowest BCUT2D eigenvalue weighted by molar-refractivity contribution is 0.00550. The third-order valence-electron chi connectivity index (χ3n) is 2.59. The molecule has 0 unspecified atom stereocenters. The van der Waals surface area contributed by atoms with Gasteiger partial charge in [-0.25, -0.2) is 0 Å². The first kappa shape index (κ1) is 10.2. The smallest absolute Gasteiger partial charge is 0.274 e. The highest BCUT2D eigenvalue weighted by atomic mass is 16.3. The van der Waals surface area contributed by atoms with Gasteiger partial charge in [0.2, 0.25) is 0 Å². The zero-order chi connectivity index (χ0) is 11.0. The molecule has 5 nitrogen and oxygen atoms in total. The molecule has 0 radical (unpaired) electrons. The summed E-state index contributed by atoms with van der Waals surface area (Å²) in [7, 11) is 0. The molecular formula is C10H15N3O2. The van der Waals surface area contributed by atoms with Gasteiger partial charge < -0.3 is 10.0 Å². The zero-order valence-corrected chi connectivity index (χ0v) is 8.90. The topological polar surface area (TPSA) is 69.2 Å². The Morgan fingerprint density at radius 2 is 2.33 bits per heavy atom. The average molecular weight is 209 g/mol. The molecule has 1 amide bonds. The summed E-state index contributed by atoms with van der Waals surface area (Å²) in [6.45, 7) is 4.91. The summed E-state index contributed by atoms with van der Waals surface area (Å²) in [6, 6.07) is 1.78. The summed E-state index contributed by atoms with van der Waals surface area (Å²) in [6.07, 6.45) is -0.363. The van der Waals surface area contributed by atoms with Crippen molar-refractivity contribution in [2.24, 2.45) is 0 Å². The van der Waals surface area contributed by atoms with Crippen molar-refractivity contribution in [2.75, 3.05) is 13.1 Å². The second-order valence-corrected chi connectivity index (χ2v) is 4.23. The molecule has 1 aromatic rings. The van der Waals surface area contributed by atoms with E-state index in [1.54, 1.807) is 11.0 Å². The Labute approximate surface area is 88.1 Å². The highest BCUT2D eigenvalue weighted by Crippen LogP contribution is 2.16. The molecule has 1 aliphatic heterocycles. The lowest BCUT2D eigenvalue weighted by atomic mass is 10.1. The molecule has 2 heterocycles. The summed E-state index contributed by atoms with van der Waals surface area (Å²) in [5.41, 5.74) is 1.39. The molecule has 0 atom stereocenters. The monoisotopic (exact) mass is 209 g/mol. The number of hydrogen-bond acceptors (Lipinski definition) is 3. The number of β-amino-alcohol motifs (C(OH)–C–C–N with tert-alkyl or cyclic N) is 1. The van der Waals surface area contributed by atoms with E-state index in [9.17, 15) is 4.79 Å². The van der Waals surface area contributed by atoms with Gasteiger partial charge >= 0.3 is 0 Å². The minimum Gasteiger partial charge on any atom is -0.389 e. The summed E-state index contributed by atoms with van der Waals surface area (Å²) >= 11 is 0. The normalized spacial score (nSPS) is 16.9. The number of aromatic nitrogens is 2. The highest BCUT2D eigenvalue weighted by Gasteiger charge is 2.30. The first-order valence-electron chi connectivity index (χ1n) is 5.10. The number of H-pyrrole nitrogens is 1. The molecule has 1 fully saturated rings. The Bertz CT molecular complexity index is 366. The van der Waals surface area contributed by atoms with E-state index in [1.165, 1.54) is 0 Å². The predicted octanol–water partition coefficient (Wildman–Crippen LogP) is 0.350. The van der Waals surface area contributed by atoms with Crippen LogP contribution >= 0.6 is 0 Å². The number of nitrogens with one attached hydrogen (secondary N) is 1. The van der Waals surface area contributed by atoms with Crippen LogP contribution in [-0.2, 0) is 0 Å². The highest BCUT2D eigenvalue weighted by molar-refractivity contribution is 5.93. The molecule has 0 aliphatic carbocycles. The van der Waals surface area contributed by atoms with Crippen LogP contribution in [0.3, 0.4) is 0 Å². The maximum absolute atomic E-state index is 11.7. The number of aliphatic hydroxyl groups excluding tert-OH is 1. The Morgan fingerprint density at radius 1 is 1.67 bits per heavy atom. The number of carbonyl (C=O) groups excluding carboxylic acids is 1. The van der Waals surface area contributed by atoms with E-state index in [4.69, 9.17) is 5.11 Å². The van der Waals surface area contributed by atoms with Crippen LogP contribution in [0.4, 0.5) is 0 Å². The van der Waals surface area contributed by atoms with Crippen LogP contribution in [0.15, 0.2) is 6.07 Å². The van der Waals surface area contributed by atoms with Crippen molar-refractivity contribution < 1.29 is 9.90 Å². The van der Waals surface area contributed by atoms with Gasteiger partial charge in [-0.3, -0.25) is 9.89 Å². The van der Waals surface area contributed by atoms with Crippen molar-refractivity contribution in [2.45, 2.75) is 25.9 Å². The third-order valence-corrected chi connectivity index (χ3v) is 2.59. The third kappa shape index (κ3) is 1.87. The zero-order valence-electron chi connectivity index (χ0n) is 8.90. The van der Waals surface area contributed by atoms with Crippen molar-refractivity contribution in [3.63, 3.8) is 0 Å². The molecule has 1 saturated heterocycles. The predicted molar refractivity (Wildman–Crippen MR) is 54.6 cm³/mol. The summed E-state index contributed by atoms with van der Waals surface area (Å²) in [5.74, 6) is 0.226. The average Bonchev–Trinajstić information content (AvgIpc) is 2.60. The molecule has 0 aromatic carbocycles. The standard InChI is InChI=1S/C10H15N3O2/c1-6(2)8-3-9(12-11-8)10(15)13-4-7(14)5-13/h3,6-7,14H,4-5H2,1-2H3,(H,11,12). The molecule has 0 saturated carbocycles. The van der Waals surface area contributed by atoms with Gasteiger partial charge in [0.15, 0.2) is 0 Å². The van der Waals surface area contributed by atoms with Gasteiger partial charge in [0.25, 0.3) is 5.91 Å². The fourth-order valence-electron chi connectivity index (χ4n) is 1.53. The van der Waals surface area contributed by atoms with Crippen LogP contribution in [0.5, 0.6) is 0 Å². The van der Waals surface area contributed by atoms with Gasteiger partial charge in [-0.15, -0.1) is 0 Å². The molecule has 2 N–H and O–H groups in total. The molecule has 1 aliphatic rings. The van der Waals surface area contributed by atoms with Crippen molar-refractivity contribution in [3.05, 3.63) is 17.5 Å². The summed E-state index contributed by atoms with van der Waals surface area (Å²) < 4.78 is 0. The van der Waals surface area contributed by atoms with Crippen molar-refractivity contribution in [3.8, 4) is 0 Å². The Hall–Kier alpha value is -1.36. The molecule has 5 heteroatoms. The van der Waals surface area contributed by atoms with Crippen molar-refractivity contribution in [1.29, 1.82) is 0 Å². The van der Waals surface area contributed by atoms with E-state index in [2.05, 4.69) is 10.2 Å². The maximum Gasteiger partial charge on any atom is 0.274 e. The number of nitrogens with zero attached hydrogens (tertiary/aromatic N) is 2. The van der Waals surface area contributed by atoms with Crippen LogP contribution in [0.1, 0.15) is 35.9 Å². The van der Waals surface area contributed by atoms with Crippen LogP contribution in [0.2, 0.25) is 0 Å². The minimum atomic E-state index is -0.363. The number of aromatic amines is 1. The van der Waals surface area contributed by atoms with E-state index in [0.717, 1.165) is 5.69 Å². The lowest BCUT2D eigenvalue weighted by Crippen LogP contribution is -2.53. The van der Waals surface area contributed by atoms with Crippen molar-refractivity contribution in [1.82, 2.24) is 15.1 Å². The summed E-state index contributed by atoms with van der Waals surface area (Å²) in [4.78, 5) is 13.3. The number of hydrogen-bond donors (Lipinski definition) is 2. The van der Waals surface area contributed by atoms with Crippen LogP contribution in [-0.4, -0.2) is 45.3 Å². The minimum absolute atomic E-state index is 0.108. The number of amides is 1. The molecule has 15 heavy (non-hydrogen) atoms. The van der Waals surface area contributed by atoms with Crippen molar-refractivity contribution >= 4 is 5.91 Å². The first-order valence-corrected chi connectivity index (χ1v) is 5.10. The van der Waals surface area contributed by atoms with Crippen LogP contribution in [0.25, 0.3) is 0 Å². The first-order chi connectivity index (χ1) is 7.08. The molecule has 1 aromatic heterocycles. The molecule has 82 valence electrons. The number of likely N-dealkylation sites (tertiary alicyclic amines) is 1. The number of carbonyl (C=O) groups is 1. The molecule has 0 bridgehead atoms. The summed E-state index contributed by atoms with van der Waals surface area (Å²) in [5, 5.41) is 15.9. The lowest BCUT2D eigenvalue weighted by Gasteiger charge is -2.35. The van der Waals surface area contributed by atoms with E-state index in [1.807, 2.05) is 13.8 Å². The van der Waals surface area contributed by atoms with E-state index >= 15 is 0 Å². The van der Waals surface area contributed by atoms with Crippen LogP contribution < -0.4 is 0 Å². The van der Waals surface area contributed by atoms with Gasteiger partial charge in [-0.05, 0) is 12.0 Å².